The second kappa shape index (κ2) is 4.86. The fraction of sp³-hybridized carbons (Fsp3) is 0.0769. The van der Waals surface area contributed by atoms with Gasteiger partial charge in [-0.15, -0.1) is 0 Å². The maximum atomic E-state index is 12.1. The van der Waals surface area contributed by atoms with E-state index in [2.05, 4.69) is 19.7 Å². The maximum absolute atomic E-state index is 12.1. The first kappa shape index (κ1) is 12.5. The van der Waals surface area contributed by atoms with Crippen LogP contribution in [0.25, 0.3) is 10.8 Å². The Balaban J connectivity index is 1.95. The summed E-state index contributed by atoms with van der Waals surface area (Å²) >= 11 is 1.13. The molecule has 0 aliphatic carbocycles. The Bertz CT molecular complexity index is 798. The van der Waals surface area contributed by atoms with Gasteiger partial charge in [0.2, 0.25) is 5.13 Å². The molecule has 0 spiro atoms. The highest BCUT2D eigenvalue weighted by Gasteiger charge is 2.12. The van der Waals surface area contributed by atoms with E-state index in [1.807, 2.05) is 24.3 Å². The Morgan fingerprint density at radius 1 is 1.30 bits per heavy atom. The number of nitrogens with zero attached hydrogens (tertiary/aromatic N) is 3. The van der Waals surface area contributed by atoms with Gasteiger partial charge >= 0.3 is 0 Å². The van der Waals surface area contributed by atoms with Crippen molar-refractivity contribution in [2.24, 2.45) is 0 Å². The zero-order chi connectivity index (χ0) is 14.1. The van der Waals surface area contributed by atoms with Crippen LogP contribution in [0.2, 0.25) is 0 Å². The molecule has 0 aliphatic rings. The van der Waals surface area contributed by atoms with Gasteiger partial charge in [0.05, 0.1) is 0 Å². The number of anilines is 2. The number of aryl methyl sites for hydroxylation is 1. The topological polar surface area (TPSA) is 93.8 Å². The highest BCUT2D eigenvalue weighted by atomic mass is 32.1. The van der Waals surface area contributed by atoms with Gasteiger partial charge in [0.25, 0.3) is 5.91 Å². The number of rotatable bonds is 2. The molecule has 1 amide bonds. The second-order valence-electron chi connectivity index (χ2n) is 4.21. The number of hydrogen-bond acceptors (Lipinski definition) is 6. The van der Waals surface area contributed by atoms with Crippen molar-refractivity contribution >= 4 is 39.2 Å². The molecule has 2 heterocycles. The van der Waals surface area contributed by atoms with Crippen molar-refractivity contribution < 1.29 is 4.79 Å². The summed E-state index contributed by atoms with van der Waals surface area (Å²) in [5.41, 5.74) is 6.13. The summed E-state index contributed by atoms with van der Waals surface area (Å²) in [5.74, 6) is 0.608. The van der Waals surface area contributed by atoms with Crippen LogP contribution in [0.1, 0.15) is 16.3 Å². The van der Waals surface area contributed by atoms with Crippen LogP contribution in [0.15, 0.2) is 30.3 Å². The van der Waals surface area contributed by atoms with Crippen molar-refractivity contribution in [3.8, 4) is 0 Å². The van der Waals surface area contributed by atoms with Crippen LogP contribution in [0.4, 0.5) is 10.9 Å². The molecule has 0 saturated heterocycles. The minimum atomic E-state index is -0.349. The Labute approximate surface area is 118 Å². The quantitative estimate of drug-likeness (QED) is 0.753. The average Bonchev–Trinajstić information content (AvgIpc) is 2.84. The van der Waals surface area contributed by atoms with Crippen LogP contribution >= 0.6 is 11.5 Å². The smallest absolute Gasteiger partial charge is 0.276 e. The average molecular weight is 285 g/mol. The van der Waals surface area contributed by atoms with Crippen molar-refractivity contribution in [1.29, 1.82) is 0 Å². The third kappa shape index (κ3) is 2.30. The molecule has 100 valence electrons. The standard InChI is InChI=1S/C13H11N5OS/c1-7-15-13(20-18-7)17-12(19)10-6-8-4-2-3-5-9(8)11(14)16-10/h2-6H,1H3,(H2,14,16)(H,15,17,18,19). The molecule has 3 rings (SSSR count). The molecular formula is C13H11N5OS. The number of amides is 1. The van der Waals surface area contributed by atoms with Gasteiger partial charge in [-0.3, -0.25) is 10.1 Å². The number of pyridine rings is 1. The van der Waals surface area contributed by atoms with Crippen molar-refractivity contribution in [2.75, 3.05) is 11.1 Å². The largest absolute Gasteiger partial charge is 0.383 e. The molecule has 3 N–H and O–H groups in total. The van der Waals surface area contributed by atoms with Crippen molar-refractivity contribution in [3.63, 3.8) is 0 Å². The predicted octanol–water partition coefficient (Wildman–Crippen LogP) is 2.23. The molecule has 7 heteroatoms. The minimum Gasteiger partial charge on any atom is -0.383 e. The number of hydrogen-bond donors (Lipinski definition) is 2. The maximum Gasteiger partial charge on any atom is 0.276 e. The lowest BCUT2D eigenvalue weighted by Gasteiger charge is -2.05. The summed E-state index contributed by atoms with van der Waals surface area (Å²) in [6.07, 6.45) is 0. The molecule has 0 bridgehead atoms. The molecule has 0 fully saturated rings. The van der Waals surface area contributed by atoms with E-state index in [1.54, 1.807) is 13.0 Å². The molecular weight excluding hydrogens is 274 g/mol. The molecule has 0 unspecified atom stereocenters. The molecule has 0 radical (unpaired) electrons. The summed E-state index contributed by atoms with van der Waals surface area (Å²) in [7, 11) is 0. The third-order valence-corrected chi connectivity index (χ3v) is 3.47. The van der Waals surface area contributed by atoms with Gasteiger partial charge in [0.1, 0.15) is 17.3 Å². The molecule has 0 aliphatic heterocycles. The first-order valence-corrected chi connectivity index (χ1v) is 6.68. The van der Waals surface area contributed by atoms with Crippen molar-refractivity contribution in [3.05, 3.63) is 41.9 Å². The van der Waals surface area contributed by atoms with E-state index in [0.717, 1.165) is 22.3 Å². The highest BCUT2D eigenvalue weighted by molar-refractivity contribution is 7.09. The van der Waals surface area contributed by atoms with Gasteiger partial charge in [-0.1, -0.05) is 24.3 Å². The summed E-state index contributed by atoms with van der Waals surface area (Å²) < 4.78 is 4.00. The van der Waals surface area contributed by atoms with E-state index in [9.17, 15) is 4.79 Å². The molecule has 2 aromatic heterocycles. The Morgan fingerprint density at radius 2 is 2.10 bits per heavy atom. The predicted molar refractivity (Wildman–Crippen MR) is 78.8 cm³/mol. The van der Waals surface area contributed by atoms with Crippen LogP contribution < -0.4 is 11.1 Å². The SMILES string of the molecule is Cc1nsc(NC(=O)c2cc3ccccc3c(N)n2)n1. The van der Waals surface area contributed by atoms with Crippen LogP contribution in [-0.2, 0) is 0 Å². The minimum absolute atomic E-state index is 0.258. The fourth-order valence-corrected chi connectivity index (χ4v) is 2.42. The number of benzene rings is 1. The first-order chi connectivity index (χ1) is 9.63. The number of carbonyl (C=O) groups is 1. The van der Waals surface area contributed by atoms with Gasteiger partial charge in [-0.05, 0) is 18.4 Å². The van der Waals surface area contributed by atoms with Gasteiger partial charge in [-0.2, -0.15) is 4.37 Å². The Hall–Kier alpha value is -2.54. The van der Waals surface area contributed by atoms with E-state index >= 15 is 0 Å². The van der Waals surface area contributed by atoms with Gasteiger partial charge < -0.3 is 5.73 Å². The Kier molecular flexibility index (Phi) is 3.03. The van der Waals surface area contributed by atoms with Gasteiger partial charge in [0, 0.05) is 16.9 Å². The highest BCUT2D eigenvalue weighted by Crippen LogP contribution is 2.20. The third-order valence-electron chi connectivity index (χ3n) is 2.75. The van der Waals surface area contributed by atoms with Crippen LogP contribution in [0.5, 0.6) is 0 Å². The van der Waals surface area contributed by atoms with E-state index in [4.69, 9.17) is 5.73 Å². The van der Waals surface area contributed by atoms with E-state index in [-0.39, 0.29) is 11.6 Å². The van der Waals surface area contributed by atoms with Gasteiger partial charge in [-0.25, -0.2) is 9.97 Å². The lowest BCUT2D eigenvalue weighted by Crippen LogP contribution is -2.14. The second-order valence-corrected chi connectivity index (χ2v) is 4.97. The lowest BCUT2D eigenvalue weighted by atomic mass is 10.1. The van der Waals surface area contributed by atoms with Crippen LogP contribution in [-0.4, -0.2) is 20.2 Å². The molecule has 1 aromatic carbocycles. The Morgan fingerprint density at radius 3 is 2.85 bits per heavy atom. The number of carbonyl (C=O) groups excluding carboxylic acids is 1. The molecule has 0 atom stereocenters. The first-order valence-electron chi connectivity index (χ1n) is 5.90. The molecule has 3 aromatic rings. The van der Waals surface area contributed by atoms with Gasteiger partial charge in [0.15, 0.2) is 0 Å². The van der Waals surface area contributed by atoms with Crippen LogP contribution in [0.3, 0.4) is 0 Å². The van der Waals surface area contributed by atoms with E-state index < -0.39 is 0 Å². The zero-order valence-electron chi connectivity index (χ0n) is 10.6. The normalized spacial score (nSPS) is 10.7. The zero-order valence-corrected chi connectivity index (χ0v) is 11.4. The number of fused-ring (bicyclic) bond motifs is 1. The summed E-state index contributed by atoms with van der Waals surface area (Å²) in [6, 6.07) is 9.23. The molecule has 20 heavy (non-hydrogen) atoms. The number of nitrogen functional groups attached to an aromatic ring is 1. The lowest BCUT2D eigenvalue weighted by molar-refractivity contribution is 0.102. The van der Waals surface area contributed by atoms with E-state index in [0.29, 0.717) is 16.8 Å². The van der Waals surface area contributed by atoms with Crippen molar-refractivity contribution in [2.45, 2.75) is 6.92 Å². The summed E-state index contributed by atoms with van der Waals surface area (Å²) in [5, 5.41) is 4.81. The summed E-state index contributed by atoms with van der Waals surface area (Å²) in [4.78, 5) is 20.3. The molecule has 6 nitrogen and oxygen atoms in total. The van der Waals surface area contributed by atoms with E-state index in [1.165, 1.54) is 0 Å². The molecule has 0 saturated carbocycles. The number of nitrogens with one attached hydrogen (secondary N) is 1. The van der Waals surface area contributed by atoms with Crippen molar-refractivity contribution in [1.82, 2.24) is 14.3 Å². The summed E-state index contributed by atoms with van der Waals surface area (Å²) in [6.45, 7) is 1.76. The van der Waals surface area contributed by atoms with Crippen LogP contribution in [0, 0.1) is 6.92 Å². The number of aromatic nitrogens is 3. The number of nitrogens with two attached hydrogens (primary N) is 1. The monoisotopic (exact) mass is 285 g/mol. The fourth-order valence-electron chi connectivity index (χ4n) is 1.85.